The topological polar surface area (TPSA) is 72.6 Å². The lowest BCUT2D eigenvalue weighted by molar-refractivity contribution is -0.126. The predicted molar refractivity (Wildman–Crippen MR) is 87.6 cm³/mol. The summed E-state index contributed by atoms with van der Waals surface area (Å²) in [4.78, 5) is 26.9. The van der Waals surface area contributed by atoms with Gasteiger partial charge in [0, 0.05) is 11.1 Å². The van der Waals surface area contributed by atoms with Crippen LogP contribution in [0.1, 0.15) is 49.9 Å². The Balaban J connectivity index is 2.01. The van der Waals surface area contributed by atoms with Crippen molar-refractivity contribution in [2.45, 2.75) is 57.2 Å². The Labute approximate surface area is 140 Å². The maximum Gasteiger partial charge on any atom is 0.258 e. The highest BCUT2D eigenvalue weighted by atomic mass is 35.5. The van der Waals surface area contributed by atoms with Crippen LogP contribution in [0, 0.1) is 0 Å². The third-order valence-corrected chi connectivity index (χ3v) is 5.06. The number of carbonyl (C=O) groups is 2. The summed E-state index contributed by atoms with van der Waals surface area (Å²) in [7, 11) is 0. The number of rotatable bonds is 4. The summed E-state index contributed by atoms with van der Waals surface area (Å²) in [5.41, 5.74) is 5.18. The molecule has 2 bridgehead atoms. The van der Waals surface area contributed by atoms with Crippen molar-refractivity contribution in [2.75, 3.05) is 0 Å². The first kappa shape index (κ1) is 16.1. The van der Waals surface area contributed by atoms with Crippen LogP contribution in [0.4, 0.5) is 0 Å². The normalized spacial score (nSPS) is 25.9. The van der Waals surface area contributed by atoms with E-state index in [2.05, 4.69) is 0 Å². The van der Waals surface area contributed by atoms with Crippen LogP contribution in [0.5, 0.6) is 5.75 Å². The highest BCUT2D eigenvalue weighted by Crippen LogP contribution is 2.47. The van der Waals surface area contributed by atoms with Crippen molar-refractivity contribution in [1.29, 1.82) is 0 Å². The fourth-order valence-electron chi connectivity index (χ4n) is 3.81. The van der Waals surface area contributed by atoms with E-state index in [1.54, 1.807) is 23.1 Å². The number of halogens is 1. The lowest BCUT2D eigenvalue weighted by atomic mass is 9.87. The standard InChI is InChI=1S/C17H21ClN2O3/c1-10(2)23-14-4-3-11(18)9-13(14)15(21)20-12-5-7-17(20,8-6-12)16(19)22/h3-4,9-10,12H,5-8H2,1-2H3,(H2,19,22). The van der Waals surface area contributed by atoms with E-state index in [1.165, 1.54) is 0 Å². The molecule has 2 N–H and O–H groups in total. The molecular weight excluding hydrogens is 316 g/mol. The van der Waals surface area contributed by atoms with Gasteiger partial charge in [-0.25, -0.2) is 0 Å². The number of benzene rings is 1. The summed E-state index contributed by atoms with van der Waals surface area (Å²) >= 11 is 6.07. The van der Waals surface area contributed by atoms with E-state index < -0.39 is 11.4 Å². The molecule has 0 aliphatic carbocycles. The third kappa shape index (κ3) is 2.57. The smallest absolute Gasteiger partial charge is 0.258 e. The Morgan fingerprint density at radius 2 is 2.00 bits per heavy atom. The highest BCUT2D eigenvalue weighted by Gasteiger charge is 2.57. The van der Waals surface area contributed by atoms with Gasteiger partial charge in [0.1, 0.15) is 11.3 Å². The van der Waals surface area contributed by atoms with Gasteiger partial charge < -0.3 is 15.4 Å². The zero-order valence-corrected chi connectivity index (χ0v) is 14.1. The second-order valence-corrected chi connectivity index (χ2v) is 7.05. The Kier molecular flexibility index (Phi) is 4.00. The van der Waals surface area contributed by atoms with Crippen molar-refractivity contribution < 1.29 is 14.3 Å². The molecule has 2 saturated heterocycles. The van der Waals surface area contributed by atoms with Gasteiger partial charge in [-0.1, -0.05) is 11.6 Å². The molecule has 23 heavy (non-hydrogen) atoms. The Morgan fingerprint density at radius 3 is 2.57 bits per heavy atom. The van der Waals surface area contributed by atoms with Crippen LogP contribution in [0.2, 0.25) is 5.02 Å². The van der Waals surface area contributed by atoms with Crippen molar-refractivity contribution in [1.82, 2.24) is 4.90 Å². The van der Waals surface area contributed by atoms with Gasteiger partial charge in [-0.05, 0) is 57.7 Å². The van der Waals surface area contributed by atoms with Gasteiger partial charge in [0.15, 0.2) is 0 Å². The van der Waals surface area contributed by atoms with E-state index in [0.717, 1.165) is 12.8 Å². The number of primary amides is 1. The molecule has 124 valence electrons. The SMILES string of the molecule is CC(C)Oc1ccc(Cl)cc1C(=O)N1C2CCC1(C(N)=O)CC2. The molecule has 2 heterocycles. The average molecular weight is 337 g/mol. The molecule has 6 heteroatoms. The first-order valence-corrected chi connectivity index (χ1v) is 8.33. The molecule has 0 radical (unpaired) electrons. The van der Waals surface area contributed by atoms with Gasteiger partial charge in [0.2, 0.25) is 5.91 Å². The summed E-state index contributed by atoms with van der Waals surface area (Å²) in [5, 5.41) is 0.462. The maximum atomic E-state index is 13.2. The molecule has 1 aromatic rings. The molecule has 2 aliphatic heterocycles. The fraction of sp³-hybridized carbons (Fsp3) is 0.529. The molecule has 0 spiro atoms. The Hall–Kier alpha value is -1.75. The van der Waals surface area contributed by atoms with Crippen molar-refractivity contribution in [2.24, 2.45) is 5.73 Å². The van der Waals surface area contributed by atoms with E-state index >= 15 is 0 Å². The summed E-state index contributed by atoms with van der Waals surface area (Å²) in [6.45, 7) is 3.79. The quantitative estimate of drug-likeness (QED) is 0.918. The van der Waals surface area contributed by atoms with Crippen LogP contribution in [0.3, 0.4) is 0 Å². The number of hydrogen-bond donors (Lipinski definition) is 1. The monoisotopic (exact) mass is 336 g/mol. The van der Waals surface area contributed by atoms with Gasteiger partial charge in [-0.2, -0.15) is 0 Å². The number of amides is 2. The number of fused-ring (bicyclic) bond motifs is 2. The first-order valence-electron chi connectivity index (χ1n) is 7.95. The Bertz CT molecular complexity index is 651. The van der Waals surface area contributed by atoms with E-state index in [1.807, 2.05) is 13.8 Å². The molecule has 0 aromatic heterocycles. The third-order valence-electron chi connectivity index (χ3n) is 4.82. The van der Waals surface area contributed by atoms with E-state index in [9.17, 15) is 9.59 Å². The van der Waals surface area contributed by atoms with Gasteiger partial charge >= 0.3 is 0 Å². The predicted octanol–water partition coefficient (Wildman–Crippen LogP) is 2.75. The van der Waals surface area contributed by atoms with Gasteiger partial charge in [0.25, 0.3) is 5.91 Å². The van der Waals surface area contributed by atoms with Crippen LogP contribution in [0.15, 0.2) is 18.2 Å². The first-order chi connectivity index (χ1) is 10.8. The van der Waals surface area contributed by atoms with Gasteiger partial charge in [-0.15, -0.1) is 0 Å². The van der Waals surface area contributed by atoms with Gasteiger partial charge in [0.05, 0.1) is 11.7 Å². The highest BCUT2D eigenvalue weighted by molar-refractivity contribution is 6.31. The Morgan fingerprint density at radius 1 is 1.35 bits per heavy atom. The minimum atomic E-state index is -0.848. The molecule has 3 rings (SSSR count). The molecule has 0 atom stereocenters. The van der Waals surface area contributed by atoms with Gasteiger partial charge in [-0.3, -0.25) is 9.59 Å². The van der Waals surface area contributed by atoms with Crippen LogP contribution >= 0.6 is 11.6 Å². The lowest BCUT2D eigenvalue weighted by Gasteiger charge is -2.32. The van der Waals surface area contributed by atoms with Crippen LogP contribution in [-0.4, -0.2) is 34.4 Å². The van der Waals surface area contributed by atoms with Crippen LogP contribution in [0.25, 0.3) is 0 Å². The molecule has 5 nitrogen and oxygen atoms in total. The molecular formula is C17H21ClN2O3. The molecule has 2 amide bonds. The second-order valence-electron chi connectivity index (χ2n) is 6.61. The number of ether oxygens (including phenoxy) is 1. The van der Waals surface area contributed by atoms with Crippen LogP contribution < -0.4 is 10.5 Å². The molecule has 0 saturated carbocycles. The maximum absolute atomic E-state index is 13.2. The summed E-state index contributed by atoms with van der Waals surface area (Å²) in [6.07, 6.45) is 2.84. The number of nitrogens with zero attached hydrogens (tertiary/aromatic N) is 1. The fourth-order valence-corrected chi connectivity index (χ4v) is 3.98. The van der Waals surface area contributed by atoms with E-state index in [0.29, 0.717) is 29.2 Å². The number of carbonyl (C=O) groups excluding carboxylic acids is 2. The summed E-state index contributed by atoms with van der Waals surface area (Å²) < 4.78 is 5.74. The number of nitrogens with two attached hydrogens (primary N) is 1. The van der Waals surface area contributed by atoms with E-state index in [-0.39, 0.29) is 18.1 Å². The van der Waals surface area contributed by atoms with Crippen molar-refractivity contribution >= 4 is 23.4 Å². The van der Waals surface area contributed by atoms with Crippen molar-refractivity contribution in [3.05, 3.63) is 28.8 Å². The molecule has 2 fully saturated rings. The second kappa shape index (κ2) is 5.71. The molecule has 0 unspecified atom stereocenters. The minimum absolute atomic E-state index is 0.0665. The van der Waals surface area contributed by atoms with Crippen LogP contribution in [-0.2, 0) is 4.79 Å². The zero-order chi connectivity index (χ0) is 16.8. The molecule has 2 aliphatic rings. The van der Waals surface area contributed by atoms with Crippen molar-refractivity contribution in [3.63, 3.8) is 0 Å². The average Bonchev–Trinajstić information content (AvgIpc) is 3.04. The molecule has 1 aromatic carbocycles. The van der Waals surface area contributed by atoms with Crippen molar-refractivity contribution in [3.8, 4) is 5.75 Å². The summed E-state index contributed by atoms with van der Waals surface area (Å²) in [5.74, 6) is -0.151. The lowest BCUT2D eigenvalue weighted by Crippen LogP contribution is -2.53. The number of hydrogen-bond acceptors (Lipinski definition) is 3. The van der Waals surface area contributed by atoms with E-state index in [4.69, 9.17) is 22.1 Å². The zero-order valence-electron chi connectivity index (χ0n) is 13.3. The summed E-state index contributed by atoms with van der Waals surface area (Å²) in [6, 6.07) is 5.07. The largest absolute Gasteiger partial charge is 0.490 e. The minimum Gasteiger partial charge on any atom is -0.490 e.